The van der Waals surface area contributed by atoms with Gasteiger partial charge in [-0.05, 0) is 40.5 Å². The van der Waals surface area contributed by atoms with Gasteiger partial charge in [0.15, 0.2) is 0 Å². The first kappa shape index (κ1) is 24.3. The van der Waals surface area contributed by atoms with Crippen molar-refractivity contribution in [2.45, 2.75) is 54.4 Å². The number of hydrogen-bond donors (Lipinski definition) is 1. The summed E-state index contributed by atoms with van der Waals surface area (Å²) in [5.74, 6) is -2.49. The number of ketones is 1. The minimum Gasteiger partial charge on any atom is -0.460 e. The van der Waals surface area contributed by atoms with Crippen LogP contribution in [0.5, 0.6) is 0 Å². The molecule has 152 valence electrons. The van der Waals surface area contributed by atoms with Crippen LogP contribution in [0.25, 0.3) is 0 Å². The smallest absolute Gasteiger partial charge is 0.377 e. The third-order valence-electron chi connectivity index (χ3n) is 3.68. The van der Waals surface area contributed by atoms with Gasteiger partial charge in [-0.15, -0.1) is 0 Å². The molecule has 1 rings (SSSR count). The number of esters is 2. The highest BCUT2D eigenvalue weighted by molar-refractivity contribution is 6.38. The van der Waals surface area contributed by atoms with Crippen LogP contribution in [0.3, 0.4) is 0 Å². The number of aryl methyl sites for hydroxylation is 1. The molecule has 0 radical (unpaired) electrons. The van der Waals surface area contributed by atoms with Gasteiger partial charge in [-0.2, -0.15) is 0 Å². The Morgan fingerprint density at radius 3 is 2.15 bits per heavy atom. The highest BCUT2D eigenvalue weighted by Gasteiger charge is 2.26. The van der Waals surface area contributed by atoms with Crippen LogP contribution in [0, 0.1) is 12.8 Å². The Kier molecular flexibility index (Phi) is 11.3. The molecule has 1 N–H and O–H groups in total. The quantitative estimate of drug-likeness (QED) is 0.238. The van der Waals surface area contributed by atoms with Crippen LogP contribution >= 0.6 is 0 Å². The molecule has 9 heteroatoms. The molecular weight excluding hydrogens is 356 g/mol. The predicted molar refractivity (Wildman–Crippen MR) is 96.9 cm³/mol. The van der Waals surface area contributed by atoms with Gasteiger partial charge >= 0.3 is 11.9 Å². The molecule has 0 aliphatic rings. The number of aromatic nitrogens is 1. The second-order valence-electron chi connectivity index (χ2n) is 5.41. The standard InChI is InChI=1S/C9H15NO4.C9H13NO3/c1-4-7(10-13)6(3)8(11)9(12)14-5-2;1-4-7-6(3)8(13-10-7)9(11)12-5-2/h6,13H,4-5H2,1-3H3;4-5H2,1-3H3. The molecular formula is C18H28N2O7. The molecule has 1 atom stereocenters. The fourth-order valence-electron chi connectivity index (χ4n) is 2.08. The van der Waals surface area contributed by atoms with Crippen LogP contribution in [0.1, 0.15) is 62.9 Å². The Labute approximate surface area is 158 Å². The summed E-state index contributed by atoms with van der Waals surface area (Å²) < 4.78 is 14.2. The predicted octanol–water partition coefficient (Wildman–Crippen LogP) is 2.72. The van der Waals surface area contributed by atoms with E-state index in [1.54, 1.807) is 20.8 Å². The zero-order valence-corrected chi connectivity index (χ0v) is 16.7. The van der Waals surface area contributed by atoms with Crippen LogP contribution in [-0.2, 0) is 25.5 Å². The molecule has 0 saturated heterocycles. The topological polar surface area (TPSA) is 128 Å². The number of nitrogens with zero attached hydrogens (tertiary/aromatic N) is 2. The SMILES string of the molecule is CCOC(=O)C(=O)C(C)C(CC)=NO.CCOC(=O)c1onc(CC)c1C. The second kappa shape index (κ2) is 12.6. The third kappa shape index (κ3) is 7.20. The van der Waals surface area contributed by atoms with Crippen molar-refractivity contribution in [3.8, 4) is 0 Å². The molecule has 1 aromatic heterocycles. The lowest BCUT2D eigenvalue weighted by Crippen LogP contribution is -2.29. The highest BCUT2D eigenvalue weighted by atomic mass is 16.6. The van der Waals surface area contributed by atoms with Gasteiger partial charge in [0.25, 0.3) is 0 Å². The average Bonchev–Trinajstić information content (AvgIpc) is 3.03. The number of oxime groups is 1. The third-order valence-corrected chi connectivity index (χ3v) is 3.68. The molecule has 1 aromatic rings. The fourth-order valence-corrected chi connectivity index (χ4v) is 2.08. The fraction of sp³-hybridized carbons (Fsp3) is 0.611. The summed E-state index contributed by atoms with van der Waals surface area (Å²) >= 11 is 0. The first-order valence-electron chi connectivity index (χ1n) is 8.82. The van der Waals surface area contributed by atoms with Crippen LogP contribution in [0.4, 0.5) is 0 Å². The van der Waals surface area contributed by atoms with Crippen LogP contribution in [-0.4, -0.2) is 47.0 Å². The van der Waals surface area contributed by atoms with Crippen molar-refractivity contribution in [3.05, 3.63) is 17.0 Å². The van der Waals surface area contributed by atoms with Crippen molar-refractivity contribution in [2.75, 3.05) is 13.2 Å². The molecule has 1 heterocycles. The highest BCUT2D eigenvalue weighted by Crippen LogP contribution is 2.14. The molecule has 27 heavy (non-hydrogen) atoms. The summed E-state index contributed by atoms with van der Waals surface area (Å²) in [7, 11) is 0. The molecule has 0 aliphatic heterocycles. The van der Waals surface area contributed by atoms with Crippen LogP contribution in [0.15, 0.2) is 9.68 Å². The number of rotatable bonds is 8. The molecule has 0 aliphatic carbocycles. The number of Topliss-reactive ketones (excluding diaryl/α,β-unsaturated/α-hetero) is 1. The maximum absolute atomic E-state index is 11.3. The molecule has 1 unspecified atom stereocenters. The van der Waals surface area contributed by atoms with Crippen LogP contribution in [0.2, 0.25) is 0 Å². The van der Waals surface area contributed by atoms with E-state index in [2.05, 4.69) is 15.0 Å². The number of hydrogen-bond acceptors (Lipinski definition) is 9. The van der Waals surface area contributed by atoms with Crippen LogP contribution < -0.4 is 0 Å². The Morgan fingerprint density at radius 2 is 1.74 bits per heavy atom. The Hall–Kier alpha value is -2.71. The zero-order chi connectivity index (χ0) is 21.0. The van der Waals surface area contributed by atoms with Gasteiger partial charge in [-0.3, -0.25) is 4.79 Å². The van der Waals surface area contributed by atoms with Gasteiger partial charge in [0.1, 0.15) is 0 Å². The second-order valence-corrected chi connectivity index (χ2v) is 5.41. The van der Waals surface area contributed by atoms with Gasteiger partial charge < -0.3 is 19.2 Å². The Bertz CT molecular complexity index is 665. The van der Waals surface area contributed by atoms with Crippen molar-refractivity contribution in [2.24, 2.45) is 11.1 Å². The molecule has 9 nitrogen and oxygen atoms in total. The Morgan fingerprint density at radius 1 is 1.15 bits per heavy atom. The van der Waals surface area contributed by atoms with E-state index < -0.39 is 23.6 Å². The summed E-state index contributed by atoms with van der Waals surface area (Å²) in [5, 5.41) is 15.3. The Balaban J connectivity index is 0.000000501. The minimum atomic E-state index is -0.880. The lowest BCUT2D eigenvalue weighted by Gasteiger charge is -2.09. The number of carbonyl (C=O) groups excluding carboxylic acids is 3. The molecule has 0 aromatic carbocycles. The summed E-state index contributed by atoms with van der Waals surface area (Å²) in [6.45, 7) is 10.9. The first-order valence-corrected chi connectivity index (χ1v) is 8.82. The van der Waals surface area contributed by atoms with Gasteiger partial charge in [-0.1, -0.05) is 24.2 Å². The summed E-state index contributed by atoms with van der Waals surface area (Å²) in [4.78, 5) is 33.6. The molecule has 0 saturated carbocycles. The van der Waals surface area contributed by atoms with Crippen molar-refractivity contribution in [3.63, 3.8) is 0 Å². The summed E-state index contributed by atoms with van der Waals surface area (Å²) in [6.07, 6.45) is 1.18. The molecule has 0 bridgehead atoms. The lowest BCUT2D eigenvalue weighted by molar-refractivity contribution is -0.154. The van der Waals surface area contributed by atoms with E-state index in [9.17, 15) is 14.4 Å². The van der Waals surface area contributed by atoms with Gasteiger partial charge in [0.2, 0.25) is 11.5 Å². The zero-order valence-electron chi connectivity index (χ0n) is 16.7. The van der Waals surface area contributed by atoms with Crippen molar-refractivity contribution < 1.29 is 33.6 Å². The van der Waals surface area contributed by atoms with E-state index in [-0.39, 0.29) is 18.1 Å². The average molecular weight is 384 g/mol. The molecule has 0 amide bonds. The molecule has 0 fully saturated rings. The monoisotopic (exact) mass is 384 g/mol. The van der Waals surface area contributed by atoms with E-state index in [4.69, 9.17) is 14.5 Å². The first-order chi connectivity index (χ1) is 12.8. The maximum atomic E-state index is 11.3. The number of ether oxygens (including phenoxy) is 2. The number of carbonyl (C=O) groups is 3. The normalized spacial score (nSPS) is 11.9. The largest absolute Gasteiger partial charge is 0.460 e. The van der Waals surface area contributed by atoms with Crippen molar-refractivity contribution in [1.29, 1.82) is 0 Å². The van der Waals surface area contributed by atoms with E-state index >= 15 is 0 Å². The lowest BCUT2D eigenvalue weighted by atomic mass is 9.99. The van der Waals surface area contributed by atoms with E-state index in [1.807, 2.05) is 13.8 Å². The molecule has 0 spiro atoms. The van der Waals surface area contributed by atoms with Gasteiger partial charge in [0.05, 0.1) is 30.5 Å². The summed E-state index contributed by atoms with van der Waals surface area (Å²) in [5.41, 5.74) is 1.87. The van der Waals surface area contributed by atoms with Gasteiger partial charge in [-0.25, -0.2) is 9.59 Å². The summed E-state index contributed by atoms with van der Waals surface area (Å²) in [6, 6.07) is 0. The maximum Gasteiger partial charge on any atom is 0.377 e. The van der Waals surface area contributed by atoms with E-state index in [0.717, 1.165) is 17.7 Å². The van der Waals surface area contributed by atoms with E-state index in [0.29, 0.717) is 13.0 Å². The van der Waals surface area contributed by atoms with Crippen molar-refractivity contribution in [1.82, 2.24) is 5.16 Å². The van der Waals surface area contributed by atoms with E-state index in [1.165, 1.54) is 6.92 Å². The van der Waals surface area contributed by atoms with Crippen molar-refractivity contribution >= 4 is 23.4 Å². The van der Waals surface area contributed by atoms with Gasteiger partial charge in [0, 0.05) is 5.56 Å². The minimum absolute atomic E-state index is 0.162.